The molecule has 0 saturated carbocycles. The van der Waals surface area contributed by atoms with Crippen molar-refractivity contribution in [3.8, 4) is 0 Å². The first-order valence-corrected chi connectivity index (χ1v) is 7.13. The summed E-state index contributed by atoms with van der Waals surface area (Å²) in [6.07, 6.45) is 4.18. The monoisotopic (exact) mass is 223 g/mol. The lowest BCUT2D eigenvalue weighted by Crippen LogP contribution is -2.27. The largest absolute Gasteiger partial charge is 0.298 e. The summed E-state index contributed by atoms with van der Waals surface area (Å²) >= 11 is 5.54. The van der Waals surface area contributed by atoms with Crippen LogP contribution in [0.1, 0.15) is 0 Å². The highest BCUT2D eigenvalue weighted by atomic mass is 35.5. The Kier molecular flexibility index (Phi) is 6.40. The van der Waals surface area contributed by atoms with Gasteiger partial charge in [-0.2, -0.15) is 0 Å². The Morgan fingerprint density at radius 2 is 1.83 bits per heavy atom. The van der Waals surface area contributed by atoms with E-state index in [0.717, 1.165) is 6.54 Å². The average molecular weight is 224 g/mol. The number of nitrogens with zero attached hydrogens (tertiary/aromatic N) is 1. The summed E-state index contributed by atoms with van der Waals surface area (Å²) in [5.74, 6) is 3.14. The van der Waals surface area contributed by atoms with Gasteiger partial charge in [0.15, 0.2) is 0 Å². The lowest BCUT2D eigenvalue weighted by Gasteiger charge is -2.15. The lowest BCUT2D eigenvalue weighted by molar-refractivity contribution is 0.344. The molecule has 1 fully saturated rings. The van der Waals surface area contributed by atoms with Gasteiger partial charge < -0.3 is 0 Å². The molecule has 1 nitrogen and oxygen atoms in total. The molecular formula is C8H14ClNS2. The van der Waals surface area contributed by atoms with E-state index in [-0.39, 0.29) is 0 Å². The molecule has 0 aromatic rings. The highest BCUT2D eigenvalue weighted by Crippen LogP contribution is 2.23. The fourth-order valence-electron chi connectivity index (χ4n) is 1.03. The van der Waals surface area contributed by atoms with Gasteiger partial charge in [-0.3, -0.25) is 4.90 Å². The molecule has 0 aromatic carbocycles. The van der Waals surface area contributed by atoms with Crippen molar-refractivity contribution < 1.29 is 0 Å². The van der Waals surface area contributed by atoms with Crippen molar-refractivity contribution in [2.75, 3.05) is 37.0 Å². The van der Waals surface area contributed by atoms with Crippen molar-refractivity contribution in [3.63, 3.8) is 0 Å². The fraction of sp³-hybridized carbons (Fsp3) is 0.750. The molecule has 0 atom stereocenters. The molecule has 0 aliphatic carbocycles. The zero-order chi connectivity index (χ0) is 8.65. The second kappa shape index (κ2) is 7.13. The summed E-state index contributed by atoms with van der Waals surface area (Å²) < 4.78 is 0. The molecule has 0 bridgehead atoms. The summed E-state index contributed by atoms with van der Waals surface area (Å²) in [5.41, 5.74) is 0. The van der Waals surface area contributed by atoms with Gasteiger partial charge in [0.25, 0.3) is 0 Å². The van der Waals surface area contributed by atoms with Gasteiger partial charge in [0.05, 0.1) is 0 Å². The van der Waals surface area contributed by atoms with Crippen molar-refractivity contribution in [1.82, 2.24) is 4.90 Å². The van der Waals surface area contributed by atoms with Gasteiger partial charge in [0.2, 0.25) is 0 Å². The summed E-state index contributed by atoms with van der Waals surface area (Å²) in [6.45, 7) is 3.49. The minimum absolute atomic E-state index is 0.636. The topological polar surface area (TPSA) is 3.24 Å². The third kappa shape index (κ3) is 4.65. The number of rotatable bonds is 3. The Balaban J connectivity index is 2.16. The van der Waals surface area contributed by atoms with Crippen molar-refractivity contribution >= 4 is 33.2 Å². The lowest BCUT2D eigenvalue weighted by atomic mass is 10.4. The summed E-state index contributed by atoms with van der Waals surface area (Å²) in [4.78, 5) is 2.47. The number of hydrogen-bond acceptors (Lipinski definition) is 3. The first-order chi connectivity index (χ1) is 5.93. The third-order valence-electron chi connectivity index (χ3n) is 1.68. The van der Waals surface area contributed by atoms with Crippen LogP contribution in [0.25, 0.3) is 0 Å². The van der Waals surface area contributed by atoms with Crippen LogP contribution in [0, 0.1) is 0 Å². The Labute approximate surface area is 87.3 Å². The van der Waals surface area contributed by atoms with Crippen LogP contribution in [0.4, 0.5) is 0 Å². The highest BCUT2D eigenvalue weighted by molar-refractivity contribution is 8.76. The second-order valence-electron chi connectivity index (χ2n) is 2.57. The Morgan fingerprint density at radius 3 is 2.42 bits per heavy atom. The summed E-state index contributed by atoms with van der Waals surface area (Å²) in [6, 6.07) is 0. The molecule has 0 aromatic heterocycles. The van der Waals surface area contributed by atoms with E-state index in [0.29, 0.717) is 5.88 Å². The predicted octanol–water partition coefficient (Wildman–Crippen LogP) is 2.48. The second-order valence-corrected chi connectivity index (χ2v) is 5.58. The highest BCUT2D eigenvalue weighted by Gasteiger charge is 2.06. The molecule has 0 unspecified atom stereocenters. The van der Waals surface area contributed by atoms with Crippen LogP contribution in [0.5, 0.6) is 0 Å². The van der Waals surface area contributed by atoms with Gasteiger partial charge in [-0.05, 0) is 0 Å². The molecule has 1 aliphatic rings. The first-order valence-electron chi connectivity index (χ1n) is 4.11. The molecule has 1 saturated heterocycles. The van der Waals surface area contributed by atoms with E-state index in [1.165, 1.54) is 24.6 Å². The molecule has 4 heteroatoms. The maximum Gasteiger partial charge on any atom is 0.0404 e. The predicted molar refractivity (Wildman–Crippen MR) is 61.2 cm³/mol. The van der Waals surface area contributed by atoms with Crippen LogP contribution in [0.15, 0.2) is 12.2 Å². The normalized spacial score (nSPS) is 21.4. The molecule has 1 aliphatic heterocycles. The number of allylic oxidation sites excluding steroid dienone is 1. The minimum atomic E-state index is 0.636. The summed E-state index contributed by atoms with van der Waals surface area (Å²) in [7, 11) is 3.97. The van der Waals surface area contributed by atoms with Gasteiger partial charge in [0, 0.05) is 37.0 Å². The minimum Gasteiger partial charge on any atom is -0.298 e. The van der Waals surface area contributed by atoms with Gasteiger partial charge in [-0.15, -0.1) is 11.6 Å². The first kappa shape index (κ1) is 10.8. The standard InChI is InChI=1S/C8H14ClNS2/c9-3-1-2-4-10-5-7-11-12-8-6-10/h1-2H,3-8H2/b2-1+. The Hall–Kier alpha value is 0.690. The molecule has 1 heterocycles. The zero-order valence-corrected chi connectivity index (χ0v) is 9.43. The van der Waals surface area contributed by atoms with Crippen LogP contribution in [-0.2, 0) is 0 Å². The van der Waals surface area contributed by atoms with E-state index < -0.39 is 0 Å². The molecule has 0 N–H and O–H groups in total. The number of hydrogen-bond donors (Lipinski definition) is 0. The third-order valence-corrected chi connectivity index (χ3v) is 4.23. The van der Waals surface area contributed by atoms with E-state index in [9.17, 15) is 0 Å². The van der Waals surface area contributed by atoms with Crippen molar-refractivity contribution in [1.29, 1.82) is 0 Å². The Morgan fingerprint density at radius 1 is 1.17 bits per heavy atom. The Bertz CT molecular complexity index is 133. The number of alkyl halides is 1. The van der Waals surface area contributed by atoms with Crippen LogP contribution in [-0.4, -0.2) is 41.9 Å². The van der Waals surface area contributed by atoms with Crippen LogP contribution in [0.3, 0.4) is 0 Å². The van der Waals surface area contributed by atoms with Gasteiger partial charge in [-0.1, -0.05) is 33.7 Å². The molecule has 12 heavy (non-hydrogen) atoms. The van der Waals surface area contributed by atoms with Crippen molar-refractivity contribution in [2.24, 2.45) is 0 Å². The molecule has 0 spiro atoms. The molecule has 0 radical (unpaired) electrons. The quantitative estimate of drug-likeness (QED) is 0.411. The molecular weight excluding hydrogens is 210 g/mol. The van der Waals surface area contributed by atoms with Crippen molar-refractivity contribution in [2.45, 2.75) is 0 Å². The molecule has 70 valence electrons. The van der Waals surface area contributed by atoms with E-state index in [2.05, 4.69) is 11.0 Å². The van der Waals surface area contributed by atoms with Gasteiger partial charge >= 0.3 is 0 Å². The van der Waals surface area contributed by atoms with E-state index in [1.807, 2.05) is 27.7 Å². The van der Waals surface area contributed by atoms with E-state index >= 15 is 0 Å². The number of halogens is 1. The van der Waals surface area contributed by atoms with Gasteiger partial charge in [-0.25, -0.2) is 0 Å². The van der Waals surface area contributed by atoms with Crippen LogP contribution in [0.2, 0.25) is 0 Å². The maximum absolute atomic E-state index is 5.54. The van der Waals surface area contributed by atoms with Crippen molar-refractivity contribution in [3.05, 3.63) is 12.2 Å². The SMILES string of the molecule is ClC/C=C/CN1CCSSCC1. The molecule has 1 rings (SSSR count). The van der Waals surface area contributed by atoms with E-state index in [1.54, 1.807) is 0 Å². The maximum atomic E-state index is 5.54. The smallest absolute Gasteiger partial charge is 0.0404 e. The van der Waals surface area contributed by atoms with Crippen LogP contribution >= 0.6 is 33.2 Å². The van der Waals surface area contributed by atoms with E-state index in [4.69, 9.17) is 11.6 Å². The van der Waals surface area contributed by atoms with Crippen LogP contribution < -0.4 is 0 Å². The van der Waals surface area contributed by atoms with Gasteiger partial charge in [0.1, 0.15) is 0 Å². The fourth-order valence-corrected chi connectivity index (χ4v) is 3.21. The zero-order valence-electron chi connectivity index (χ0n) is 7.04. The molecule has 0 amide bonds. The summed E-state index contributed by atoms with van der Waals surface area (Å²) in [5, 5.41) is 0. The average Bonchev–Trinajstić information content (AvgIpc) is 2.33.